The predicted molar refractivity (Wildman–Crippen MR) is 160 cm³/mol. The Bertz CT molecular complexity index is 1780. The Labute approximate surface area is 238 Å². The van der Waals surface area contributed by atoms with E-state index in [9.17, 15) is 9.59 Å². The predicted octanol–water partition coefficient (Wildman–Crippen LogP) is 6.39. The molecule has 1 N–H and O–H groups in total. The van der Waals surface area contributed by atoms with Crippen LogP contribution in [0, 0.1) is 0 Å². The normalized spacial score (nSPS) is 11.0. The summed E-state index contributed by atoms with van der Waals surface area (Å²) in [6.45, 7) is 0.590. The maximum Gasteiger partial charge on any atom is 0.268 e. The Morgan fingerprint density at radius 2 is 1.82 bits per heavy atom. The van der Waals surface area contributed by atoms with Crippen LogP contribution >= 0.6 is 22.9 Å². The van der Waals surface area contributed by atoms with E-state index in [2.05, 4.69) is 14.7 Å². The number of anilines is 2. The van der Waals surface area contributed by atoms with E-state index in [4.69, 9.17) is 4.98 Å². The molecule has 0 unspecified atom stereocenters. The summed E-state index contributed by atoms with van der Waals surface area (Å²) in [4.78, 5) is 39.6. The second kappa shape index (κ2) is 11.2. The Morgan fingerprint density at radius 3 is 2.60 bits per heavy atom. The molecule has 4 aromatic heterocycles. The van der Waals surface area contributed by atoms with Crippen molar-refractivity contribution in [3.05, 3.63) is 113 Å². The lowest BCUT2D eigenvalue weighted by Gasteiger charge is -2.17. The number of thiophene rings is 1. The van der Waals surface area contributed by atoms with Crippen LogP contribution in [-0.4, -0.2) is 37.8 Å². The number of nitrogens with zero attached hydrogens (tertiary/aromatic N) is 5. The van der Waals surface area contributed by atoms with Crippen molar-refractivity contribution >= 4 is 57.4 Å². The van der Waals surface area contributed by atoms with Crippen LogP contribution in [-0.2, 0) is 13.0 Å². The quantitative estimate of drug-likeness (QED) is 0.231. The molecule has 40 heavy (non-hydrogen) atoms. The van der Waals surface area contributed by atoms with Gasteiger partial charge in [-0.2, -0.15) is 0 Å². The van der Waals surface area contributed by atoms with E-state index >= 15 is 0 Å². The molecule has 0 radical (unpaired) electrons. The fourth-order valence-corrected chi connectivity index (χ4v) is 6.00. The van der Waals surface area contributed by atoms with Gasteiger partial charge in [-0.15, -0.1) is 11.3 Å². The highest BCUT2D eigenvalue weighted by molar-refractivity contribution is 7.21. The lowest BCUT2D eigenvalue weighted by Crippen LogP contribution is -2.26. The number of hydrogen-bond donors (Lipinski definition) is 1. The van der Waals surface area contributed by atoms with Gasteiger partial charge in [0, 0.05) is 48.3 Å². The van der Waals surface area contributed by atoms with Crippen molar-refractivity contribution in [2.24, 2.45) is 0 Å². The molecule has 10 heteroatoms. The minimum absolute atomic E-state index is 0.112. The van der Waals surface area contributed by atoms with Crippen LogP contribution < -0.4 is 10.2 Å². The molecule has 2 amide bonds. The van der Waals surface area contributed by atoms with Crippen LogP contribution in [0.3, 0.4) is 0 Å². The van der Waals surface area contributed by atoms with E-state index in [-0.39, 0.29) is 11.8 Å². The average molecular weight is 565 g/mol. The summed E-state index contributed by atoms with van der Waals surface area (Å²) >= 11 is 2.82. The lowest BCUT2D eigenvalue weighted by molar-refractivity contribution is 0.0991. The summed E-state index contributed by atoms with van der Waals surface area (Å²) in [6.07, 6.45) is 6.05. The number of carbonyl (C=O) groups is 2. The summed E-state index contributed by atoms with van der Waals surface area (Å²) in [7, 11) is 1.75. The molecule has 198 valence electrons. The summed E-state index contributed by atoms with van der Waals surface area (Å²) in [5.41, 5.74) is 3.94. The number of hydrogen-bond acceptors (Lipinski definition) is 7. The maximum atomic E-state index is 13.3. The number of amides is 2. The number of carbonyl (C=O) groups excluding carboxylic acids is 2. The van der Waals surface area contributed by atoms with E-state index < -0.39 is 0 Å². The fraction of sp³-hybridized carbons (Fsp3) is 0.100. The van der Waals surface area contributed by atoms with Crippen molar-refractivity contribution in [2.75, 3.05) is 17.3 Å². The standard InChI is InChI=1S/C30H24N6O2S2/c1-35(29(38)21-7-3-2-4-8-21)22-9-10-24-23(18-22)33-30(36(24)17-14-20-6-5-15-31-19-20)34-28(37)27-12-11-25(39-27)26-13-16-32-40-26/h2-13,15-16,18-19H,14,17H2,1H3,(H,33,34,37). The van der Waals surface area contributed by atoms with Gasteiger partial charge >= 0.3 is 0 Å². The Balaban J connectivity index is 1.31. The molecule has 4 heterocycles. The van der Waals surface area contributed by atoms with Gasteiger partial charge in [0.05, 0.1) is 20.8 Å². The molecule has 0 aliphatic rings. The van der Waals surface area contributed by atoms with Gasteiger partial charge in [-0.25, -0.2) is 9.36 Å². The number of imidazole rings is 1. The summed E-state index contributed by atoms with van der Waals surface area (Å²) in [5.74, 6) is 0.111. The van der Waals surface area contributed by atoms with Crippen molar-refractivity contribution in [3.63, 3.8) is 0 Å². The molecule has 0 saturated heterocycles. The van der Waals surface area contributed by atoms with Gasteiger partial charge in [-0.05, 0) is 78.1 Å². The van der Waals surface area contributed by atoms with Crippen LogP contribution in [0.25, 0.3) is 20.8 Å². The Kier molecular flexibility index (Phi) is 7.17. The first-order valence-electron chi connectivity index (χ1n) is 12.6. The molecule has 2 aromatic carbocycles. The molecule has 0 bridgehead atoms. The highest BCUT2D eigenvalue weighted by Crippen LogP contribution is 2.31. The van der Waals surface area contributed by atoms with Crippen LogP contribution in [0.1, 0.15) is 25.6 Å². The minimum Gasteiger partial charge on any atom is -0.311 e. The van der Waals surface area contributed by atoms with Gasteiger partial charge in [0.15, 0.2) is 0 Å². The SMILES string of the molecule is CN(C(=O)c1ccccc1)c1ccc2c(c1)nc(NC(=O)c1ccc(-c3ccns3)s1)n2CCc1cccnc1. The topological polar surface area (TPSA) is 93.0 Å². The summed E-state index contributed by atoms with van der Waals surface area (Å²) in [5, 5.41) is 3.02. The van der Waals surface area contributed by atoms with Crippen LogP contribution in [0.5, 0.6) is 0 Å². The van der Waals surface area contributed by atoms with E-state index in [1.807, 2.05) is 77.5 Å². The zero-order valence-electron chi connectivity index (χ0n) is 21.5. The maximum absolute atomic E-state index is 13.3. The van der Waals surface area contributed by atoms with Crippen molar-refractivity contribution in [1.82, 2.24) is 18.9 Å². The van der Waals surface area contributed by atoms with Crippen LogP contribution in [0.4, 0.5) is 11.6 Å². The molecular formula is C30H24N6O2S2. The second-order valence-electron chi connectivity index (χ2n) is 9.10. The van der Waals surface area contributed by atoms with Gasteiger partial charge in [0.2, 0.25) is 5.95 Å². The number of rotatable bonds is 8. The van der Waals surface area contributed by atoms with Crippen molar-refractivity contribution in [3.8, 4) is 9.75 Å². The molecule has 6 rings (SSSR count). The molecule has 6 aromatic rings. The van der Waals surface area contributed by atoms with Gasteiger partial charge in [-0.3, -0.25) is 19.9 Å². The van der Waals surface area contributed by atoms with Gasteiger partial charge in [-0.1, -0.05) is 24.3 Å². The summed E-state index contributed by atoms with van der Waals surface area (Å²) in [6, 6.07) is 24.5. The molecule has 8 nitrogen and oxygen atoms in total. The number of fused-ring (bicyclic) bond motifs is 1. The molecule has 0 saturated carbocycles. The zero-order valence-corrected chi connectivity index (χ0v) is 23.2. The average Bonchev–Trinajstić information content (AvgIpc) is 3.76. The first-order chi connectivity index (χ1) is 19.6. The van der Waals surface area contributed by atoms with Gasteiger partial charge < -0.3 is 9.47 Å². The summed E-state index contributed by atoms with van der Waals surface area (Å²) < 4.78 is 6.16. The van der Waals surface area contributed by atoms with E-state index in [0.717, 1.165) is 20.8 Å². The third kappa shape index (κ3) is 5.27. The second-order valence-corrected chi connectivity index (χ2v) is 11.0. The number of benzene rings is 2. The Morgan fingerprint density at radius 1 is 0.950 bits per heavy atom. The van der Waals surface area contributed by atoms with Gasteiger partial charge in [0.25, 0.3) is 11.8 Å². The van der Waals surface area contributed by atoms with Crippen molar-refractivity contribution in [1.29, 1.82) is 0 Å². The largest absolute Gasteiger partial charge is 0.311 e. The minimum atomic E-state index is -0.227. The third-order valence-corrected chi connectivity index (χ3v) is 8.55. The number of aromatic nitrogens is 4. The van der Waals surface area contributed by atoms with E-state index in [1.54, 1.807) is 36.5 Å². The molecular weight excluding hydrogens is 541 g/mol. The molecule has 0 aliphatic carbocycles. The highest BCUT2D eigenvalue weighted by Gasteiger charge is 2.19. The molecule has 0 aliphatic heterocycles. The highest BCUT2D eigenvalue weighted by atomic mass is 32.1. The monoisotopic (exact) mass is 564 g/mol. The van der Waals surface area contributed by atoms with E-state index in [0.29, 0.717) is 40.6 Å². The zero-order chi connectivity index (χ0) is 27.5. The Hall–Kier alpha value is -4.67. The molecule has 0 atom stereocenters. The fourth-order valence-electron chi connectivity index (χ4n) is 4.43. The lowest BCUT2D eigenvalue weighted by atomic mass is 10.2. The smallest absolute Gasteiger partial charge is 0.268 e. The number of aryl methyl sites for hydroxylation is 2. The van der Waals surface area contributed by atoms with Crippen molar-refractivity contribution < 1.29 is 9.59 Å². The molecule has 0 fully saturated rings. The van der Waals surface area contributed by atoms with Gasteiger partial charge in [0.1, 0.15) is 0 Å². The third-order valence-electron chi connectivity index (χ3n) is 6.53. The van der Waals surface area contributed by atoms with Crippen LogP contribution in [0.2, 0.25) is 0 Å². The van der Waals surface area contributed by atoms with Crippen molar-refractivity contribution in [2.45, 2.75) is 13.0 Å². The molecule has 0 spiro atoms. The number of nitrogens with one attached hydrogen (secondary N) is 1. The first-order valence-corrected chi connectivity index (χ1v) is 14.2. The number of pyridine rings is 1. The van der Waals surface area contributed by atoms with Crippen LogP contribution in [0.15, 0.2) is 97.5 Å². The first kappa shape index (κ1) is 25.6. The van der Waals surface area contributed by atoms with E-state index in [1.165, 1.54) is 22.9 Å².